The fourth-order valence-electron chi connectivity index (χ4n) is 2.64. The van der Waals surface area contributed by atoms with Gasteiger partial charge < -0.3 is 15.0 Å². The van der Waals surface area contributed by atoms with Crippen LogP contribution in [-0.4, -0.2) is 46.4 Å². The van der Waals surface area contributed by atoms with Crippen LogP contribution in [0.3, 0.4) is 0 Å². The highest BCUT2D eigenvalue weighted by Crippen LogP contribution is 2.19. The van der Waals surface area contributed by atoms with Crippen LogP contribution in [0.15, 0.2) is 36.7 Å². The van der Waals surface area contributed by atoms with Crippen LogP contribution in [0.25, 0.3) is 0 Å². The third-order valence-corrected chi connectivity index (χ3v) is 3.84. The maximum atomic E-state index is 12.6. The van der Waals surface area contributed by atoms with Crippen molar-refractivity contribution in [2.24, 2.45) is 0 Å². The Morgan fingerprint density at radius 3 is 2.26 bits per heavy atom. The SMILES string of the molecule is CCCN(CCC)C(=O)c1cnc(Nc2ccccc2C(=O)OCC)nc1. The zero-order valence-electron chi connectivity index (χ0n) is 16.1. The molecule has 1 amide bonds. The first-order chi connectivity index (χ1) is 13.1. The predicted molar refractivity (Wildman–Crippen MR) is 104 cm³/mol. The van der Waals surface area contributed by atoms with E-state index in [4.69, 9.17) is 4.74 Å². The van der Waals surface area contributed by atoms with Crippen LogP contribution in [0.1, 0.15) is 54.3 Å². The summed E-state index contributed by atoms with van der Waals surface area (Å²) in [6, 6.07) is 6.98. The van der Waals surface area contributed by atoms with Gasteiger partial charge in [0.05, 0.1) is 23.4 Å². The number of carbonyl (C=O) groups is 2. The van der Waals surface area contributed by atoms with Gasteiger partial charge >= 0.3 is 5.97 Å². The molecule has 2 aromatic rings. The monoisotopic (exact) mass is 370 g/mol. The quantitative estimate of drug-likeness (QED) is 0.678. The van der Waals surface area contributed by atoms with E-state index >= 15 is 0 Å². The molecule has 1 aromatic carbocycles. The van der Waals surface area contributed by atoms with E-state index < -0.39 is 5.97 Å². The number of carbonyl (C=O) groups excluding carboxylic acids is 2. The summed E-state index contributed by atoms with van der Waals surface area (Å²) in [6.45, 7) is 7.56. The van der Waals surface area contributed by atoms with Crippen molar-refractivity contribution in [1.82, 2.24) is 14.9 Å². The molecule has 1 heterocycles. The summed E-state index contributed by atoms with van der Waals surface area (Å²) < 4.78 is 5.06. The molecule has 27 heavy (non-hydrogen) atoms. The fraction of sp³-hybridized carbons (Fsp3) is 0.400. The van der Waals surface area contributed by atoms with E-state index in [0.29, 0.717) is 42.5 Å². The minimum Gasteiger partial charge on any atom is -0.462 e. The number of hydrogen-bond donors (Lipinski definition) is 1. The number of nitrogens with one attached hydrogen (secondary N) is 1. The highest BCUT2D eigenvalue weighted by atomic mass is 16.5. The molecule has 1 aromatic heterocycles. The second-order valence-corrected chi connectivity index (χ2v) is 5.98. The number of esters is 1. The summed E-state index contributed by atoms with van der Waals surface area (Å²) in [6.07, 6.45) is 4.81. The number of amides is 1. The molecule has 0 aliphatic heterocycles. The van der Waals surface area contributed by atoms with E-state index in [1.807, 2.05) is 18.7 Å². The van der Waals surface area contributed by atoms with Crippen LogP contribution in [0.4, 0.5) is 11.6 Å². The van der Waals surface area contributed by atoms with Gasteiger partial charge in [-0.25, -0.2) is 14.8 Å². The average Bonchev–Trinajstić information content (AvgIpc) is 2.68. The van der Waals surface area contributed by atoms with Gasteiger partial charge in [-0.2, -0.15) is 0 Å². The second-order valence-electron chi connectivity index (χ2n) is 5.98. The maximum Gasteiger partial charge on any atom is 0.340 e. The van der Waals surface area contributed by atoms with Gasteiger partial charge in [-0.3, -0.25) is 4.79 Å². The molecular weight excluding hydrogens is 344 g/mol. The van der Waals surface area contributed by atoms with Crippen molar-refractivity contribution in [3.63, 3.8) is 0 Å². The van der Waals surface area contributed by atoms with E-state index in [-0.39, 0.29) is 5.91 Å². The van der Waals surface area contributed by atoms with Crippen LogP contribution >= 0.6 is 0 Å². The van der Waals surface area contributed by atoms with Crippen molar-refractivity contribution in [3.05, 3.63) is 47.8 Å². The Balaban J connectivity index is 2.14. The molecule has 0 unspecified atom stereocenters. The van der Waals surface area contributed by atoms with Gasteiger partial charge in [-0.05, 0) is 31.9 Å². The van der Waals surface area contributed by atoms with E-state index in [2.05, 4.69) is 15.3 Å². The molecule has 0 aliphatic carbocycles. The van der Waals surface area contributed by atoms with Crippen LogP contribution < -0.4 is 5.32 Å². The first-order valence-electron chi connectivity index (χ1n) is 9.25. The lowest BCUT2D eigenvalue weighted by atomic mass is 10.2. The lowest BCUT2D eigenvalue weighted by Crippen LogP contribution is -2.32. The van der Waals surface area contributed by atoms with Crippen LogP contribution in [0, 0.1) is 0 Å². The number of anilines is 2. The van der Waals surface area contributed by atoms with Crippen molar-refractivity contribution in [3.8, 4) is 0 Å². The largest absolute Gasteiger partial charge is 0.462 e. The summed E-state index contributed by atoms with van der Waals surface area (Å²) in [4.78, 5) is 34.9. The van der Waals surface area contributed by atoms with Gasteiger partial charge in [0, 0.05) is 25.5 Å². The summed E-state index contributed by atoms with van der Waals surface area (Å²) in [5.41, 5.74) is 1.40. The predicted octanol–water partition coefficient (Wildman–Crippen LogP) is 3.66. The fourth-order valence-corrected chi connectivity index (χ4v) is 2.64. The lowest BCUT2D eigenvalue weighted by Gasteiger charge is -2.21. The third-order valence-electron chi connectivity index (χ3n) is 3.84. The molecule has 0 saturated heterocycles. The number of para-hydroxylation sites is 1. The van der Waals surface area contributed by atoms with Crippen LogP contribution in [0.5, 0.6) is 0 Å². The highest BCUT2D eigenvalue weighted by Gasteiger charge is 2.16. The number of aromatic nitrogens is 2. The molecule has 0 bridgehead atoms. The normalized spacial score (nSPS) is 10.3. The average molecular weight is 370 g/mol. The Morgan fingerprint density at radius 1 is 1.04 bits per heavy atom. The van der Waals surface area contributed by atoms with Crippen molar-refractivity contribution in [1.29, 1.82) is 0 Å². The lowest BCUT2D eigenvalue weighted by molar-refractivity contribution is 0.0527. The molecule has 7 heteroatoms. The Morgan fingerprint density at radius 2 is 1.67 bits per heavy atom. The van der Waals surface area contributed by atoms with Gasteiger partial charge in [0.25, 0.3) is 5.91 Å². The highest BCUT2D eigenvalue weighted by molar-refractivity contribution is 5.96. The Kier molecular flexibility index (Phi) is 7.73. The zero-order chi connectivity index (χ0) is 19.6. The summed E-state index contributed by atoms with van der Waals surface area (Å²) in [5.74, 6) is -0.180. The standard InChI is InChI=1S/C20H26N4O3/c1-4-11-24(12-5-2)18(25)15-13-21-20(22-14-15)23-17-10-8-7-9-16(17)19(26)27-6-3/h7-10,13-14H,4-6,11-12H2,1-3H3,(H,21,22,23). The number of rotatable bonds is 9. The Hall–Kier alpha value is -2.96. The van der Waals surface area contributed by atoms with Crippen molar-refractivity contribution in [2.45, 2.75) is 33.6 Å². The Labute approximate surface area is 159 Å². The number of ether oxygens (including phenoxy) is 1. The van der Waals surface area contributed by atoms with Gasteiger partial charge in [-0.1, -0.05) is 26.0 Å². The van der Waals surface area contributed by atoms with Gasteiger partial charge in [0.15, 0.2) is 0 Å². The first kappa shape index (κ1) is 20.4. The maximum absolute atomic E-state index is 12.6. The van der Waals surface area contributed by atoms with Crippen molar-refractivity contribution in [2.75, 3.05) is 25.0 Å². The Bertz CT molecular complexity index is 756. The molecule has 0 fully saturated rings. The zero-order valence-corrected chi connectivity index (χ0v) is 16.1. The van der Waals surface area contributed by atoms with E-state index in [1.54, 1.807) is 31.2 Å². The minimum absolute atomic E-state index is 0.0721. The number of benzene rings is 1. The minimum atomic E-state index is -0.415. The molecule has 0 saturated carbocycles. The number of nitrogens with zero attached hydrogens (tertiary/aromatic N) is 3. The summed E-state index contributed by atoms with van der Waals surface area (Å²) in [7, 11) is 0. The first-order valence-corrected chi connectivity index (χ1v) is 9.25. The van der Waals surface area contributed by atoms with Gasteiger partial charge in [0.1, 0.15) is 0 Å². The molecular formula is C20H26N4O3. The molecule has 7 nitrogen and oxygen atoms in total. The van der Waals surface area contributed by atoms with E-state index in [9.17, 15) is 9.59 Å². The van der Waals surface area contributed by atoms with Crippen molar-refractivity contribution >= 4 is 23.5 Å². The van der Waals surface area contributed by atoms with E-state index in [0.717, 1.165) is 12.8 Å². The number of hydrogen-bond acceptors (Lipinski definition) is 6. The van der Waals surface area contributed by atoms with Crippen LogP contribution in [0.2, 0.25) is 0 Å². The summed E-state index contributed by atoms with van der Waals surface area (Å²) in [5, 5.41) is 3.01. The molecule has 2 rings (SSSR count). The van der Waals surface area contributed by atoms with Gasteiger partial charge in [0.2, 0.25) is 5.95 Å². The van der Waals surface area contributed by atoms with E-state index in [1.165, 1.54) is 12.4 Å². The molecule has 0 atom stereocenters. The molecule has 1 N–H and O–H groups in total. The summed E-state index contributed by atoms with van der Waals surface area (Å²) >= 11 is 0. The molecule has 0 radical (unpaired) electrons. The molecule has 144 valence electrons. The van der Waals surface area contributed by atoms with Crippen molar-refractivity contribution < 1.29 is 14.3 Å². The van der Waals surface area contributed by atoms with Gasteiger partial charge in [-0.15, -0.1) is 0 Å². The second kappa shape index (κ2) is 10.3. The topological polar surface area (TPSA) is 84.4 Å². The van der Waals surface area contributed by atoms with Crippen LogP contribution in [-0.2, 0) is 4.74 Å². The third kappa shape index (κ3) is 5.51. The molecule has 0 aliphatic rings. The smallest absolute Gasteiger partial charge is 0.340 e. The molecule has 0 spiro atoms.